The molecule has 0 unspecified atom stereocenters. The van der Waals surface area contributed by atoms with Crippen LogP contribution in [0.25, 0.3) is 0 Å². The van der Waals surface area contributed by atoms with E-state index in [1.54, 1.807) is 4.90 Å². The Kier molecular flexibility index (Phi) is 4.63. The van der Waals surface area contributed by atoms with E-state index < -0.39 is 5.54 Å². The summed E-state index contributed by atoms with van der Waals surface area (Å²) in [5, 5.41) is 3.13. The molecule has 2 aliphatic heterocycles. The largest absolute Gasteiger partial charge is 0.378 e. The molecule has 1 aromatic carbocycles. The van der Waals surface area contributed by atoms with Crippen LogP contribution < -0.4 is 5.32 Å². The quantitative estimate of drug-likeness (QED) is 0.883. The Labute approximate surface area is 135 Å². The summed E-state index contributed by atoms with van der Waals surface area (Å²) >= 11 is 0. The summed E-state index contributed by atoms with van der Waals surface area (Å²) in [5.74, 6) is -0.0835. The molecule has 0 saturated carbocycles. The molecular formula is C17H22N2O4. The molecule has 2 saturated heterocycles. The zero-order valence-corrected chi connectivity index (χ0v) is 13.3. The van der Waals surface area contributed by atoms with Crippen LogP contribution in [-0.2, 0) is 19.1 Å². The van der Waals surface area contributed by atoms with Crippen molar-refractivity contribution in [3.8, 4) is 0 Å². The Hall–Kier alpha value is -1.92. The third-order valence-electron chi connectivity index (χ3n) is 4.59. The van der Waals surface area contributed by atoms with Crippen molar-refractivity contribution in [3.05, 3.63) is 35.9 Å². The van der Waals surface area contributed by atoms with Crippen LogP contribution in [0.5, 0.6) is 0 Å². The number of benzene rings is 1. The normalized spacial score (nSPS) is 27.8. The first kappa shape index (κ1) is 16.0. The van der Waals surface area contributed by atoms with Gasteiger partial charge in [0.05, 0.1) is 18.8 Å². The lowest BCUT2D eigenvalue weighted by Crippen LogP contribution is -2.55. The van der Waals surface area contributed by atoms with E-state index >= 15 is 0 Å². The third-order valence-corrected chi connectivity index (χ3v) is 4.59. The number of nitrogens with one attached hydrogen (secondary N) is 1. The van der Waals surface area contributed by atoms with Gasteiger partial charge in [0.15, 0.2) is 0 Å². The van der Waals surface area contributed by atoms with Crippen molar-refractivity contribution in [2.24, 2.45) is 0 Å². The number of hydrogen-bond donors (Lipinski definition) is 1. The summed E-state index contributed by atoms with van der Waals surface area (Å²) in [6, 6.07) is 9.98. The van der Waals surface area contributed by atoms with E-state index in [0.717, 1.165) is 5.56 Å². The van der Waals surface area contributed by atoms with Crippen LogP contribution in [0.3, 0.4) is 0 Å². The van der Waals surface area contributed by atoms with Crippen molar-refractivity contribution in [3.63, 3.8) is 0 Å². The van der Waals surface area contributed by atoms with Gasteiger partial charge in [-0.1, -0.05) is 30.3 Å². The van der Waals surface area contributed by atoms with Crippen molar-refractivity contribution >= 4 is 11.8 Å². The second-order valence-electron chi connectivity index (χ2n) is 6.18. The molecule has 6 heteroatoms. The van der Waals surface area contributed by atoms with Crippen LogP contribution >= 0.6 is 0 Å². The standard InChI is InChI=1S/C17H22N2O4/c1-22-10-16(21)19-9-14(13-5-3-2-4-6-13)17(11-19)12-23-8-7-15(20)18-17/h2-6,14H,7-12H2,1H3,(H,18,20)/t14-,17-/m0/s1. The molecule has 1 spiro atoms. The van der Waals surface area contributed by atoms with E-state index in [0.29, 0.717) is 32.7 Å². The zero-order valence-electron chi connectivity index (χ0n) is 13.3. The van der Waals surface area contributed by atoms with Gasteiger partial charge in [0.25, 0.3) is 0 Å². The topological polar surface area (TPSA) is 67.9 Å². The number of carbonyl (C=O) groups is 2. The predicted molar refractivity (Wildman–Crippen MR) is 83.9 cm³/mol. The molecular weight excluding hydrogens is 296 g/mol. The van der Waals surface area contributed by atoms with Crippen LogP contribution in [0.1, 0.15) is 17.9 Å². The highest BCUT2D eigenvalue weighted by atomic mass is 16.5. The van der Waals surface area contributed by atoms with Crippen LogP contribution in [0.15, 0.2) is 30.3 Å². The molecule has 1 N–H and O–H groups in total. The SMILES string of the molecule is COCC(=O)N1C[C@@H](c2ccccc2)[C@@]2(COCCC(=O)N2)C1. The second kappa shape index (κ2) is 6.68. The summed E-state index contributed by atoms with van der Waals surface area (Å²) < 4.78 is 10.7. The molecule has 2 atom stereocenters. The maximum Gasteiger partial charge on any atom is 0.248 e. The van der Waals surface area contributed by atoms with Crippen LogP contribution in [0.4, 0.5) is 0 Å². The highest BCUT2D eigenvalue weighted by Gasteiger charge is 2.50. The van der Waals surface area contributed by atoms with E-state index in [9.17, 15) is 9.59 Å². The summed E-state index contributed by atoms with van der Waals surface area (Å²) in [6.07, 6.45) is 0.356. The minimum Gasteiger partial charge on any atom is -0.378 e. The van der Waals surface area contributed by atoms with Gasteiger partial charge >= 0.3 is 0 Å². The fraction of sp³-hybridized carbons (Fsp3) is 0.529. The number of likely N-dealkylation sites (tertiary alicyclic amines) is 1. The van der Waals surface area contributed by atoms with Gasteiger partial charge in [0.2, 0.25) is 11.8 Å². The second-order valence-corrected chi connectivity index (χ2v) is 6.18. The van der Waals surface area contributed by atoms with Gasteiger partial charge in [0.1, 0.15) is 6.61 Å². The molecule has 1 aromatic rings. The van der Waals surface area contributed by atoms with E-state index in [4.69, 9.17) is 9.47 Å². The van der Waals surface area contributed by atoms with Crippen LogP contribution in [-0.4, -0.2) is 62.3 Å². The average molecular weight is 318 g/mol. The lowest BCUT2D eigenvalue weighted by Gasteiger charge is -2.33. The summed E-state index contributed by atoms with van der Waals surface area (Å²) in [4.78, 5) is 26.1. The fourth-order valence-electron chi connectivity index (χ4n) is 3.49. The van der Waals surface area contributed by atoms with Crippen LogP contribution in [0.2, 0.25) is 0 Å². The number of hydrogen-bond acceptors (Lipinski definition) is 4. The molecule has 0 aliphatic carbocycles. The zero-order chi connectivity index (χ0) is 16.3. The molecule has 2 heterocycles. The fourth-order valence-corrected chi connectivity index (χ4v) is 3.49. The highest BCUT2D eigenvalue weighted by Crippen LogP contribution is 2.37. The van der Waals surface area contributed by atoms with Gasteiger partial charge in [0, 0.05) is 32.5 Å². The van der Waals surface area contributed by atoms with E-state index in [2.05, 4.69) is 5.32 Å². The van der Waals surface area contributed by atoms with Gasteiger partial charge in [-0.2, -0.15) is 0 Å². The molecule has 23 heavy (non-hydrogen) atoms. The maximum atomic E-state index is 12.3. The number of methoxy groups -OCH3 is 1. The molecule has 2 aliphatic rings. The Balaban J connectivity index is 1.92. The molecule has 2 amide bonds. The van der Waals surface area contributed by atoms with E-state index in [1.165, 1.54) is 7.11 Å². The lowest BCUT2D eigenvalue weighted by atomic mass is 9.82. The number of ether oxygens (including phenoxy) is 2. The van der Waals surface area contributed by atoms with E-state index in [-0.39, 0.29) is 24.3 Å². The monoisotopic (exact) mass is 318 g/mol. The Bertz CT molecular complexity index is 577. The van der Waals surface area contributed by atoms with Gasteiger partial charge in [-0.3, -0.25) is 9.59 Å². The first-order valence-electron chi connectivity index (χ1n) is 7.85. The van der Waals surface area contributed by atoms with E-state index in [1.807, 2.05) is 30.3 Å². The third kappa shape index (κ3) is 3.23. The van der Waals surface area contributed by atoms with Crippen molar-refractivity contribution in [2.45, 2.75) is 17.9 Å². The molecule has 2 fully saturated rings. The Morgan fingerprint density at radius 2 is 2.22 bits per heavy atom. The summed E-state index contributed by atoms with van der Waals surface area (Å²) in [7, 11) is 1.51. The molecule has 0 aromatic heterocycles. The first-order chi connectivity index (χ1) is 11.1. The predicted octanol–water partition coefficient (Wildman–Crippen LogP) is 0.534. The smallest absolute Gasteiger partial charge is 0.248 e. The molecule has 124 valence electrons. The maximum absolute atomic E-state index is 12.3. The number of nitrogens with zero attached hydrogens (tertiary/aromatic N) is 1. The van der Waals surface area contributed by atoms with Gasteiger partial charge in [-0.15, -0.1) is 0 Å². The van der Waals surface area contributed by atoms with Crippen LogP contribution in [0, 0.1) is 0 Å². The van der Waals surface area contributed by atoms with Gasteiger partial charge in [-0.25, -0.2) is 0 Å². The summed E-state index contributed by atoms with van der Waals surface area (Å²) in [6.45, 7) is 1.87. The highest BCUT2D eigenvalue weighted by molar-refractivity contribution is 5.80. The van der Waals surface area contributed by atoms with Gasteiger partial charge < -0.3 is 19.7 Å². The molecule has 6 nitrogen and oxygen atoms in total. The van der Waals surface area contributed by atoms with Crippen molar-refractivity contribution in [1.82, 2.24) is 10.2 Å². The molecule has 3 rings (SSSR count). The van der Waals surface area contributed by atoms with Gasteiger partial charge in [-0.05, 0) is 5.56 Å². The molecule has 0 radical (unpaired) electrons. The Morgan fingerprint density at radius 1 is 1.43 bits per heavy atom. The Morgan fingerprint density at radius 3 is 2.96 bits per heavy atom. The van der Waals surface area contributed by atoms with Crippen molar-refractivity contribution in [1.29, 1.82) is 0 Å². The number of amides is 2. The van der Waals surface area contributed by atoms with Crippen molar-refractivity contribution < 1.29 is 19.1 Å². The minimum atomic E-state index is -0.571. The molecule has 0 bridgehead atoms. The lowest BCUT2D eigenvalue weighted by molar-refractivity contribution is -0.134. The summed E-state index contributed by atoms with van der Waals surface area (Å²) in [5.41, 5.74) is 0.532. The minimum absolute atomic E-state index is 0.00607. The number of carbonyl (C=O) groups excluding carboxylic acids is 2. The average Bonchev–Trinajstić information content (AvgIpc) is 2.81. The van der Waals surface area contributed by atoms with Crippen molar-refractivity contribution in [2.75, 3.05) is 40.0 Å². The first-order valence-corrected chi connectivity index (χ1v) is 7.85. The number of rotatable bonds is 3.